The summed E-state index contributed by atoms with van der Waals surface area (Å²) >= 11 is 0. The zero-order valence-corrected chi connectivity index (χ0v) is 10.2. The first-order valence-corrected chi connectivity index (χ1v) is 6.01. The van der Waals surface area contributed by atoms with Gasteiger partial charge in [-0.05, 0) is 31.1 Å². The molecule has 1 fully saturated rings. The molecule has 94 valence electrons. The van der Waals surface area contributed by atoms with Gasteiger partial charge in [-0.2, -0.15) is 0 Å². The third-order valence-corrected chi connectivity index (χ3v) is 3.07. The summed E-state index contributed by atoms with van der Waals surface area (Å²) < 4.78 is 5.52. The van der Waals surface area contributed by atoms with Crippen molar-refractivity contribution in [2.75, 3.05) is 19.8 Å². The minimum absolute atomic E-state index is 0.144. The molecule has 1 unspecified atom stereocenters. The van der Waals surface area contributed by atoms with E-state index < -0.39 is 11.4 Å². The van der Waals surface area contributed by atoms with Crippen LogP contribution in [0.1, 0.15) is 33.1 Å². The minimum Gasteiger partial charge on any atom is -0.481 e. The highest BCUT2D eigenvalue weighted by atomic mass is 16.5. The Kier molecular flexibility index (Phi) is 4.74. The molecule has 0 amide bonds. The van der Waals surface area contributed by atoms with Crippen molar-refractivity contribution in [2.45, 2.75) is 33.1 Å². The van der Waals surface area contributed by atoms with Crippen molar-refractivity contribution in [2.24, 2.45) is 23.0 Å². The van der Waals surface area contributed by atoms with Crippen LogP contribution in [0.2, 0.25) is 0 Å². The van der Waals surface area contributed by atoms with Crippen molar-refractivity contribution in [3.8, 4) is 0 Å². The summed E-state index contributed by atoms with van der Waals surface area (Å²) in [6, 6.07) is 0. The van der Waals surface area contributed by atoms with Gasteiger partial charge >= 0.3 is 5.97 Å². The van der Waals surface area contributed by atoms with Gasteiger partial charge in [0, 0.05) is 13.2 Å². The maximum absolute atomic E-state index is 11.3. The van der Waals surface area contributed by atoms with Gasteiger partial charge in [0.05, 0.1) is 6.61 Å². The quantitative estimate of drug-likeness (QED) is 0.661. The Balaban J connectivity index is 2.48. The van der Waals surface area contributed by atoms with Gasteiger partial charge in [-0.25, -0.2) is 0 Å². The monoisotopic (exact) mass is 229 g/mol. The van der Waals surface area contributed by atoms with Crippen LogP contribution in [0.25, 0.3) is 0 Å². The molecule has 1 aliphatic rings. The zero-order chi connectivity index (χ0) is 12.2. The minimum atomic E-state index is -0.900. The Morgan fingerprint density at radius 2 is 2.19 bits per heavy atom. The van der Waals surface area contributed by atoms with E-state index >= 15 is 0 Å². The van der Waals surface area contributed by atoms with Crippen molar-refractivity contribution in [3.63, 3.8) is 0 Å². The van der Waals surface area contributed by atoms with Gasteiger partial charge in [-0.15, -0.1) is 0 Å². The molecule has 0 radical (unpaired) electrons. The van der Waals surface area contributed by atoms with Crippen LogP contribution in [0.3, 0.4) is 0 Å². The molecule has 1 saturated carbocycles. The third kappa shape index (κ3) is 3.76. The zero-order valence-electron chi connectivity index (χ0n) is 10.2. The third-order valence-electron chi connectivity index (χ3n) is 3.07. The average Bonchev–Trinajstić information content (AvgIpc) is 2.99. The Hall–Kier alpha value is -0.610. The first kappa shape index (κ1) is 13.5. The summed E-state index contributed by atoms with van der Waals surface area (Å²) in [4.78, 5) is 11.3. The molecular weight excluding hydrogens is 206 g/mol. The number of hydrogen-bond acceptors (Lipinski definition) is 3. The highest BCUT2D eigenvalue weighted by Crippen LogP contribution is 2.31. The summed E-state index contributed by atoms with van der Waals surface area (Å²) in [6.45, 7) is 5.09. The largest absolute Gasteiger partial charge is 0.481 e. The molecule has 0 aromatic carbocycles. The SMILES string of the molecule is CC(C)CC(CN)(COCC1CC1)C(=O)O. The van der Waals surface area contributed by atoms with Crippen molar-refractivity contribution in [3.05, 3.63) is 0 Å². The van der Waals surface area contributed by atoms with Crippen molar-refractivity contribution in [1.82, 2.24) is 0 Å². The van der Waals surface area contributed by atoms with Gasteiger partial charge in [-0.1, -0.05) is 13.8 Å². The molecule has 4 heteroatoms. The van der Waals surface area contributed by atoms with Crippen LogP contribution in [0, 0.1) is 17.3 Å². The predicted molar refractivity (Wildman–Crippen MR) is 62.1 cm³/mol. The van der Waals surface area contributed by atoms with Gasteiger partial charge in [0.15, 0.2) is 0 Å². The molecule has 1 rings (SSSR count). The maximum Gasteiger partial charge on any atom is 0.313 e. The number of ether oxygens (including phenoxy) is 1. The molecule has 4 nitrogen and oxygen atoms in total. The molecular formula is C12H23NO3. The lowest BCUT2D eigenvalue weighted by Crippen LogP contribution is -2.44. The van der Waals surface area contributed by atoms with Crippen LogP contribution >= 0.6 is 0 Å². The summed E-state index contributed by atoms with van der Waals surface area (Å²) in [7, 11) is 0. The number of hydrogen-bond donors (Lipinski definition) is 2. The van der Waals surface area contributed by atoms with Gasteiger partial charge in [-0.3, -0.25) is 4.79 Å². The van der Waals surface area contributed by atoms with E-state index in [4.69, 9.17) is 10.5 Å². The standard InChI is InChI=1S/C12H23NO3/c1-9(2)5-12(7-13,11(14)15)8-16-6-10-3-4-10/h9-10H,3-8,13H2,1-2H3,(H,14,15). The van der Waals surface area contributed by atoms with Crippen LogP contribution in [0.5, 0.6) is 0 Å². The number of carbonyl (C=O) groups is 1. The molecule has 3 N–H and O–H groups in total. The Morgan fingerprint density at radius 1 is 1.56 bits per heavy atom. The number of rotatable bonds is 8. The fraction of sp³-hybridized carbons (Fsp3) is 0.917. The molecule has 0 saturated heterocycles. The van der Waals surface area contributed by atoms with Crippen molar-refractivity contribution >= 4 is 5.97 Å². The van der Waals surface area contributed by atoms with E-state index in [-0.39, 0.29) is 13.2 Å². The molecule has 1 atom stereocenters. The van der Waals surface area contributed by atoms with Crippen molar-refractivity contribution in [1.29, 1.82) is 0 Å². The fourth-order valence-electron chi connectivity index (χ4n) is 1.92. The number of nitrogens with two attached hydrogens (primary N) is 1. The van der Waals surface area contributed by atoms with Gasteiger partial charge < -0.3 is 15.6 Å². The van der Waals surface area contributed by atoms with Crippen LogP contribution in [0.4, 0.5) is 0 Å². The van der Waals surface area contributed by atoms with Crippen LogP contribution in [-0.2, 0) is 9.53 Å². The Morgan fingerprint density at radius 3 is 2.56 bits per heavy atom. The number of carboxylic acids is 1. The van der Waals surface area contributed by atoms with E-state index in [1.54, 1.807) is 0 Å². The molecule has 1 aliphatic carbocycles. The highest BCUT2D eigenvalue weighted by Gasteiger charge is 2.38. The summed E-state index contributed by atoms with van der Waals surface area (Å²) in [6.07, 6.45) is 3.00. The molecule has 0 aliphatic heterocycles. The lowest BCUT2D eigenvalue weighted by Gasteiger charge is -2.29. The first-order valence-electron chi connectivity index (χ1n) is 6.01. The fourth-order valence-corrected chi connectivity index (χ4v) is 1.92. The topological polar surface area (TPSA) is 72.5 Å². The maximum atomic E-state index is 11.3. The van der Waals surface area contributed by atoms with E-state index in [0.29, 0.717) is 24.9 Å². The number of carboxylic acid groups (broad SMARTS) is 1. The molecule has 0 aromatic rings. The molecule has 0 bridgehead atoms. The normalized spacial score (nSPS) is 19.8. The van der Waals surface area contributed by atoms with E-state index in [2.05, 4.69) is 0 Å². The van der Waals surface area contributed by atoms with Crippen LogP contribution < -0.4 is 5.73 Å². The second kappa shape index (κ2) is 5.64. The first-order chi connectivity index (χ1) is 7.50. The summed E-state index contributed by atoms with van der Waals surface area (Å²) in [5.41, 5.74) is 4.73. The second-order valence-electron chi connectivity index (χ2n) is 5.35. The lowest BCUT2D eigenvalue weighted by atomic mass is 9.81. The molecule has 0 spiro atoms. The smallest absolute Gasteiger partial charge is 0.313 e. The van der Waals surface area contributed by atoms with E-state index in [0.717, 1.165) is 0 Å². The van der Waals surface area contributed by atoms with E-state index in [1.807, 2.05) is 13.8 Å². The van der Waals surface area contributed by atoms with Crippen LogP contribution in [-0.4, -0.2) is 30.8 Å². The van der Waals surface area contributed by atoms with E-state index in [9.17, 15) is 9.90 Å². The highest BCUT2D eigenvalue weighted by molar-refractivity contribution is 5.75. The molecule has 0 heterocycles. The summed E-state index contributed by atoms with van der Waals surface area (Å²) in [5.74, 6) is 0.131. The predicted octanol–water partition coefficient (Wildman–Crippen LogP) is 1.49. The van der Waals surface area contributed by atoms with Gasteiger partial charge in [0.2, 0.25) is 0 Å². The van der Waals surface area contributed by atoms with Crippen LogP contribution in [0.15, 0.2) is 0 Å². The molecule has 0 aromatic heterocycles. The second-order valence-corrected chi connectivity index (χ2v) is 5.35. The number of aliphatic carboxylic acids is 1. The molecule has 16 heavy (non-hydrogen) atoms. The average molecular weight is 229 g/mol. The van der Waals surface area contributed by atoms with Crippen molar-refractivity contribution < 1.29 is 14.6 Å². The van der Waals surface area contributed by atoms with Gasteiger partial charge in [0.25, 0.3) is 0 Å². The Bertz CT molecular complexity index is 238. The summed E-state index contributed by atoms with van der Waals surface area (Å²) in [5, 5.41) is 9.29. The Labute approximate surface area is 97.2 Å². The van der Waals surface area contributed by atoms with Gasteiger partial charge in [0.1, 0.15) is 5.41 Å². The van der Waals surface area contributed by atoms with E-state index in [1.165, 1.54) is 12.8 Å². The lowest BCUT2D eigenvalue weighted by molar-refractivity contribution is -0.153.